The minimum absolute atomic E-state index is 0.512. The van der Waals surface area contributed by atoms with E-state index in [4.69, 9.17) is 9.84 Å². The van der Waals surface area contributed by atoms with E-state index in [1.165, 1.54) is 0 Å². The first kappa shape index (κ1) is 14.7. The van der Waals surface area contributed by atoms with Crippen LogP contribution in [0.3, 0.4) is 0 Å². The third kappa shape index (κ3) is 2.34. The van der Waals surface area contributed by atoms with Crippen molar-refractivity contribution in [3.05, 3.63) is 26.4 Å². The Hall–Kier alpha value is -1.72. The number of aromatic hydroxyl groups is 1. The predicted octanol–water partition coefficient (Wildman–Crippen LogP) is -3.72. The lowest BCUT2D eigenvalue weighted by Gasteiger charge is -2.39. The molecule has 20 heavy (non-hydrogen) atoms. The van der Waals surface area contributed by atoms with Gasteiger partial charge in [0.2, 0.25) is 5.88 Å². The molecule has 5 atom stereocenters. The summed E-state index contributed by atoms with van der Waals surface area (Å²) in [5, 5.41) is 47.6. The van der Waals surface area contributed by atoms with Crippen molar-refractivity contribution in [2.75, 3.05) is 6.61 Å². The molecule has 1 saturated heterocycles. The molecular weight excluding hydrogens is 276 g/mol. The third-order valence-electron chi connectivity index (χ3n) is 3.14. The smallest absolute Gasteiger partial charge is 0.328 e. The topological polar surface area (TPSA) is 176 Å². The zero-order valence-corrected chi connectivity index (χ0v) is 10.1. The summed E-state index contributed by atoms with van der Waals surface area (Å²) >= 11 is 0. The molecule has 0 aliphatic carbocycles. The summed E-state index contributed by atoms with van der Waals surface area (Å²) in [4.78, 5) is 26.4. The Morgan fingerprint density at radius 1 is 1.05 bits per heavy atom. The molecule has 2 heterocycles. The lowest BCUT2D eigenvalue weighted by Crippen LogP contribution is -2.56. The average Bonchev–Trinajstić information content (AvgIpc) is 2.37. The van der Waals surface area contributed by atoms with Gasteiger partial charge in [-0.1, -0.05) is 0 Å². The van der Waals surface area contributed by atoms with Crippen LogP contribution in [-0.4, -0.2) is 66.5 Å². The monoisotopic (exact) mass is 290 g/mol. The number of aromatic nitrogens is 2. The standard InChI is InChI=1S/C10H14N2O8/c13-1-2-4(14)5(15)6(16)7(20-2)3-8(17)11-10(19)12-9(3)18/h2,4-7,13-16H,1H2,(H3,11,12,17,18,19). The van der Waals surface area contributed by atoms with E-state index in [1.54, 1.807) is 0 Å². The molecule has 1 aliphatic heterocycles. The van der Waals surface area contributed by atoms with Crippen LogP contribution < -0.4 is 11.2 Å². The van der Waals surface area contributed by atoms with Crippen LogP contribution in [0.5, 0.6) is 5.88 Å². The number of aliphatic hydroxyl groups is 4. The van der Waals surface area contributed by atoms with Gasteiger partial charge in [-0.3, -0.25) is 14.8 Å². The van der Waals surface area contributed by atoms with Crippen LogP contribution in [0.4, 0.5) is 0 Å². The Morgan fingerprint density at radius 2 is 1.70 bits per heavy atom. The maximum absolute atomic E-state index is 11.7. The second-order valence-corrected chi connectivity index (χ2v) is 4.42. The Labute approximate surface area is 110 Å². The summed E-state index contributed by atoms with van der Waals surface area (Å²) < 4.78 is 5.11. The molecule has 1 aromatic rings. The van der Waals surface area contributed by atoms with E-state index in [9.17, 15) is 30.0 Å². The van der Waals surface area contributed by atoms with Gasteiger partial charge >= 0.3 is 5.69 Å². The third-order valence-corrected chi connectivity index (χ3v) is 3.14. The van der Waals surface area contributed by atoms with E-state index in [0.717, 1.165) is 0 Å². The lowest BCUT2D eigenvalue weighted by molar-refractivity contribution is -0.232. The van der Waals surface area contributed by atoms with Crippen molar-refractivity contribution in [2.24, 2.45) is 0 Å². The molecule has 7 N–H and O–H groups in total. The van der Waals surface area contributed by atoms with Crippen molar-refractivity contribution in [2.45, 2.75) is 30.5 Å². The number of ether oxygens (including phenoxy) is 1. The van der Waals surface area contributed by atoms with E-state index in [1.807, 2.05) is 9.97 Å². The van der Waals surface area contributed by atoms with Gasteiger partial charge in [-0.15, -0.1) is 0 Å². The molecule has 0 spiro atoms. The van der Waals surface area contributed by atoms with E-state index < -0.39 is 59.8 Å². The van der Waals surface area contributed by atoms with Crippen LogP contribution in [0, 0.1) is 0 Å². The highest BCUT2D eigenvalue weighted by atomic mass is 16.5. The first-order valence-electron chi connectivity index (χ1n) is 5.72. The lowest BCUT2D eigenvalue weighted by atomic mass is 9.92. The molecule has 0 aromatic carbocycles. The van der Waals surface area contributed by atoms with E-state index in [-0.39, 0.29) is 0 Å². The molecule has 1 fully saturated rings. The second-order valence-electron chi connectivity index (χ2n) is 4.42. The molecule has 112 valence electrons. The summed E-state index contributed by atoms with van der Waals surface area (Å²) in [6.07, 6.45) is -7.77. The van der Waals surface area contributed by atoms with Gasteiger partial charge in [0.15, 0.2) is 0 Å². The Bertz CT molecular complexity index is 594. The van der Waals surface area contributed by atoms with Crippen LogP contribution in [0.15, 0.2) is 9.59 Å². The molecule has 0 amide bonds. The minimum Gasteiger partial charge on any atom is -0.494 e. The number of H-pyrrole nitrogens is 2. The molecule has 0 saturated carbocycles. The fourth-order valence-electron chi connectivity index (χ4n) is 2.09. The van der Waals surface area contributed by atoms with Gasteiger partial charge in [-0.2, -0.15) is 0 Å². The quantitative estimate of drug-likeness (QED) is 0.291. The van der Waals surface area contributed by atoms with E-state index in [0.29, 0.717) is 0 Å². The highest BCUT2D eigenvalue weighted by Crippen LogP contribution is 2.33. The SMILES string of the molecule is O=c1[nH]c(O)c(C2OC(CO)C(O)C(O)C2O)c(=O)[nH]1. The number of aliphatic hydroxyl groups excluding tert-OH is 4. The van der Waals surface area contributed by atoms with Crippen LogP contribution in [0.2, 0.25) is 0 Å². The highest BCUT2D eigenvalue weighted by Gasteiger charge is 2.45. The maximum atomic E-state index is 11.7. The van der Waals surface area contributed by atoms with Gasteiger partial charge in [0.1, 0.15) is 36.1 Å². The number of rotatable bonds is 2. The molecule has 1 aromatic heterocycles. The molecule has 2 rings (SSSR count). The molecule has 5 unspecified atom stereocenters. The minimum atomic E-state index is -1.73. The predicted molar refractivity (Wildman–Crippen MR) is 62.1 cm³/mol. The molecular formula is C10H14N2O8. The van der Waals surface area contributed by atoms with Gasteiger partial charge in [-0.25, -0.2) is 4.79 Å². The van der Waals surface area contributed by atoms with Gasteiger partial charge in [0, 0.05) is 0 Å². The Balaban J connectivity index is 2.47. The first-order valence-corrected chi connectivity index (χ1v) is 5.72. The number of hydrogen-bond acceptors (Lipinski definition) is 8. The van der Waals surface area contributed by atoms with Gasteiger partial charge in [0.05, 0.1) is 6.61 Å². The van der Waals surface area contributed by atoms with Crippen molar-refractivity contribution in [3.63, 3.8) is 0 Å². The summed E-state index contributed by atoms with van der Waals surface area (Å²) in [5.41, 5.74) is -2.49. The zero-order chi connectivity index (χ0) is 15.0. The van der Waals surface area contributed by atoms with Crippen molar-refractivity contribution < 1.29 is 30.3 Å². The zero-order valence-electron chi connectivity index (χ0n) is 10.1. The fraction of sp³-hybridized carbons (Fsp3) is 0.600. The fourth-order valence-corrected chi connectivity index (χ4v) is 2.09. The maximum Gasteiger partial charge on any atom is 0.328 e. The molecule has 1 aliphatic rings. The largest absolute Gasteiger partial charge is 0.494 e. The number of nitrogens with one attached hydrogen (secondary N) is 2. The van der Waals surface area contributed by atoms with Crippen molar-refractivity contribution >= 4 is 0 Å². The van der Waals surface area contributed by atoms with Crippen molar-refractivity contribution in [3.8, 4) is 5.88 Å². The van der Waals surface area contributed by atoms with Crippen LogP contribution >= 0.6 is 0 Å². The number of hydrogen-bond donors (Lipinski definition) is 7. The van der Waals surface area contributed by atoms with E-state index >= 15 is 0 Å². The number of aromatic amines is 2. The van der Waals surface area contributed by atoms with Crippen LogP contribution in [0.25, 0.3) is 0 Å². The summed E-state index contributed by atoms with van der Waals surface area (Å²) in [6.45, 7) is -0.677. The molecule has 10 nitrogen and oxygen atoms in total. The van der Waals surface area contributed by atoms with Gasteiger partial charge in [-0.05, 0) is 0 Å². The van der Waals surface area contributed by atoms with E-state index in [2.05, 4.69) is 0 Å². The summed E-state index contributed by atoms with van der Waals surface area (Å²) in [7, 11) is 0. The van der Waals surface area contributed by atoms with Crippen LogP contribution in [0.1, 0.15) is 11.7 Å². The van der Waals surface area contributed by atoms with Gasteiger partial charge in [0.25, 0.3) is 5.56 Å². The van der Waals surface area contributed by atoms with Crippen molar-refractivity contribution in [1.29, 1.82) is 0 Å². The van der Waals surface area contributed by atoms with Crippen molar-refractivity contribution in [1.82, 2.24) is 9.97 Å². The first-order chi connectivity index (χ1) is 9.36. The van der Waals surface area contributed by atoms with Crippen LogP contribution in [-0.2, 0) is 4.74 Å². The summed E-state index contributed by atoms with van der Waals surface area (Å²) in [6, 6.07) is 0. The second kappa shape index (κ2) is 5.34. The average molecular weight is 290 g/mol. The van der Waals surface area contributed by atoms with Gasteiger partial charge < -0.3 is 30.3 Å². The Morgan fingerprint density at radius 3 is 2.25 bits per heavy atom. The molecule has 0 bridgehead atoms. The molecule has 0 radical (unpaired) electrons. The normalized spacial score (nSPS) is 34.1. The highest BCUT2D eigenvalue weighted by molar-refractivity contribution is 5.26. The summed E-state index contributed by atoms with van der Waals surface area (Å²) in [5.74, 6) is -0.830. The molecule has 10 heteroatoms. The Kier molecular flexibility index (Phi) is 3.92.